The summed E-state index contributed by atoms with van der Waals surface area (Å²) >= 11 is 5.79. The van der Waals surface area contributed by atoms with Crippen LogP contribution in [0.4, 0.5) is 5.82 Å². The smallest absolute Gasteiger partial charge is 0.224 e. The Hall–Kier alpha value is -0.870. The largest absolute Gasteiger partial charge is 0.378 e. The molecule has 0 bridgehead atoms. The summed E-state index contributed by atoms with van der Waals surface area (Å²) in [6.45, 7) is 4.71. The number of hydrogen-bond acceptors (Lipinski definition) is 4. The fraction of sp³-hybridized carbons (Fsp3) is 0.636. The van der Waals surface area contributed by atoms with E-state index in [0.29, 0.717) is 17.4 Å². The third kappa shape index (κ3) is 2.83. The molecular weight excluding hydrogens is 226 g/mol. The number of anilines is 1. The molecule has 1 aromatic heterocycles. The minimum absolute atomic E-state index is 0.295. The molecule has 1 fully saturated rings. The Morgan fingerprint density at radius 1 is 1.50 bits per heavy atom. The van der Waals surface area contributed by atoms with E-state index in [0.717, 1.165) is 31.0 Å². The second kappa shape index (κ2) is 4.97. The molecule has 88 valence electrons. The summed E-state index contributed by atoms with van der Waals surface area (Å²) in [5.74, 6) is 0.803. The Morgan fingerprint density at radius 3 is 2.88 bits per heavy atom. The zero-order valence-corrected chi connectivity index (χ0v) is 10.3. The number of ether oxygens (including phenoxy) is 1. The van der Waals surface area contributed by atoms with Gasteiger partial charge >= 0.3 is 0 Å². The van der Waals surface area contributed by atoms with Crippen molar-refractivity contribution in [2.45, 2.75) is 38.8 Å². The summed E-state index contributed by atoms with van der Waals surface area (Å²) < 4.78 is 5.49. The molecule has 0 spiro atoms. The van der Waals surface area contributed by atoms with E-state index < -0.39 is 0 Å². The van der Waals surface area contributed by atoms with Gasteiger partial charge in [-0.2, -0.15) is 0 Å². The normalized spacial score (nSPS) is 23.9. The van der Waals surface area contributed by atoms with Crippen molar-refractivity contribution in [3.63, 3.8) is 0 Å². The van der Waals surface area contributed by atoms with Gasteiger partial charge in [0.2, 0.25) is 5.28 Å². The Balaban J connectivity index is 1.86. The maximum Gasteiger partial charge on any atom is 0.224 e. The van der Waals surface area contributed by atoms with Crippen LogP contribution in [-0.4, -0.2) is 28.7 Å². The summed E-state index contributed by atoms with van der Waals surface area (Å²) in [5, 5.41) is 3.63. The summed E-state index contributed by atoms with van der Waals surface area (Å²) in [6.07, 6.45) is 2.48. The lowest BCUT2D eigenvalue weighted by molar-refractivity contribution is 0.00292. The van der Waals surface area contributed by atoms with Gasteiger partial charge in [0.25, 0.3) is 0 Å². The number of nitrogens with one attached hydrogen (secondary N) is 1. The van der Waals surface area contributed by atoms with E-state index in [4.69, 9.17) is 16.3 Å². The molecule has 0 aliphatic heterocycles. The maximum atomic E-state index is 5.79. The molecule has 1 aliphatic carbocycles. The molecule has 1 aromatic rings. The second-order valence-corrected chi connectivity index (χ2v) is 4.39. The molecule has 0 saturated heterocycles. The van der Waals surface area contributed by atoms with Gasteiger partial charge in [-0.25, -0.2) is 9.97 Å². The highest BCUT2D eigenvalue weighted by Gasteiger charge is 2.29. The lowest BCUT2D eigenvalue weighted by Gasteiger charge is -2.35. The highest BCUT2D eigenvalue weighted by atomic mass is 35.5. The summed E-state index contributed by atoms with van der Waals surface area (Å²) in [4.78, 5) is 8.15. The Kier molecular flexibility index (Phi) is 3.61. The lowest BCUT2D eigenvalue weighted by Crippen LogP contribution is -2.41. The Labute approximate surface area is 100 Å². The zero-order valence-electron chi connectivity index (χ0n) is 9.53. The number of aromatic nitrogens is 2. The topological polar surface area (TPSA) is 47.0 Å². The monoisotopic (exact) mass is 241 g/mol. The molecule has 1 saturated carbocycles. The van der Waals surface area contributed by atoms with Crippen LogP contribution in [0, 0.1) is 6.92 Å². The van der Waals surface area contributed by atoms with Crippen LogP contribution in [0.15, 0.2) is 6.07 Å². The molecule has 0 aromatic carbocycles. The van der Waals surface area contributed by atoms with Gasteiger partial charge in [-0.05, 0) is 38.3 Å². The number of nitrogens with zero attached hydrogens (tertiary/aromatic N) is 2. The van der Waals surface area contributed by atoms with E-state index in [1.807, 2.05) is 19.9 Å². The van der Waals surface area contributed by atoms with Crippen molar-refractivity contribution >= 4 is 17.4 Å². The van der Waals surface area contributed by atoms with Gasteiger partial charge in [0.1, 0.15) is 5.82 Å². The van der Waals surface area contributed by atoms with Crippen LogP contribution in [-0.2, 0) is 4.74 Å². The first kappa shape index (κ1) is 11.6. The van der Waals surface area contributed by atoms with E-state index in [9.17, 15) is 0 Å². The number of hydrogen-bond donors (Lipinski definition) is 1. The average molecular weight is 242 g/mol. The van der Waals surface area contributed by atoms with Crippen molar-refractivity contribution in [3.8, 4) is 0 Å². The number of aryl methyl sites for hydroxylation is 1. The van der Waals surface area contributed by atoms with Gasteiger partial charge in [-0.3, -0.25) is 0 Å². The summed E-state index contributed by atoms with van der Waals surface area (Å²) in [6, 6.07) is 2.35. The Morgan fingerprint density at radius 2 is 2.25 bits per heavy atom. The standard InChI is InChI=1S/C11H16ClN3O/c1-3-16-9-5-8(6-9)14-10-4-7(2)13-11(12)15-10/h4,8-9H,3,5-6H2,1-2H3,(H,13,14,15). The summed E-state index contributed by atoms with van der Waals surface area (Å²) in [5.41, 5.74) is 0.878. The molecule has 1 N–H and O–H groups in total. The van der Waals surface area contributed by atoms with Gasteiger partial charge < -0.3 is 10.1 Å². The van der Waals surface area contributed by atoms with Crippen LogP contribution in [0.2, 0.25) is 5.28 Å². The molecule has 5 heteroatoms. The highest BCUT2D eigenvalue weighted by molar-refractivity contribution is 6.28. The van der Waals surface area contributed by atoms with Crippen LogP contribution in [0.5, 0.6) is 0 Å². The van der Waals surface area contributed by atoms with Crippen molar-refractivity contribution in [1.29, 1.82) is 0 Å². The second-order valence-electron chi connectivity index (χ2n) is 4.05. The minimum Gasteiger partial charge on any atom is -0.378 e. The van der Waals surface area contributed by atoms with E-state index in [-0.39, 0.29) is 0 Å². The van der Waals surface area contributed by atoms with Crippen molar-refractivity contribution in [1.82, 2.24) is 9.97 Å². The van der Waals surface area contributed by atoms with E-state index in [1.54, 1.807) is 0 Å². The zero-order chi connectivity index (χ0) is 11.5. The first-order chi connectivity index (χ1) is 7.67. The lowest BCUT2D eigenvalue weighted by atomic mass is 9.89. The fourth-order valence-electron chi connectivity index (χ4n) is 1.87. The average Bonchev–Trinajstić information content (AvgIpc) is 2.13. The van der Waals surface area contributed by atoms with Crippen LogP contribution in [0.3, 0.4) is 0 Å². The molecule has 16 heavy (non-hydrogen) atoms. The SMILES string of the molecule is CCOC1CC(Nc2cc(C)nc(Cl)n2)C1. The van der Waals surface area contributed by atoms with Gasteiger partial charge in [-0.1, -0.05) is 0 Å². The van der Waals surface area contributed by atoms with Crippen molar-refractivity contribution in [2.24, 2.45) is 0 Å². The van der Waals surface area contributed by atoms with Gasteiger partial charge in [-0.15, -0.1) is 0 Å². The van der Waals surface area contributed by atoms with E-state index >= 15 is 0 Å². The van der Waals surface area contributed by atoms with Crippen molar-refractivity contribution in [2.75, 3.05) is 11.9 Å². The first-order valence-corrected chi connectivity index (χ1v) is 5.94. The van der Waals surface area contributed by atoms with E-state index in [1.165, 1.54) is 0 Å². The molecule has 0 unspecified atom stereocenters. The highest BCUT2D eigenvalue weighted by Crippen LogP contribution is 2.26. The van der Waals surface area contributed by atoms with Crippen molar-refractivity contribution in [3.05, 3.63) is 17.0 Å². The molecular formula is C11H16ClN3O. The molecule has 4 nitrogen and oxygen atoms in total. The van der Waals surface area contributed by atoms with Gasteiger partial charge in [0.15, 0.2) is 0 Å². The van der Waals surface area contributed by atoms with Gasteiger partial charge in [0, 0.05) is 24.4 Å². The minimum atomic E-state index is 0.295. The first-order valence-electron chi connectivity index (χ1n) is 5.56. The molecule has 2 rings (SSSR count). The van der Waals surface area contributed by atoms with Crippen LogP contribution in [0.1, 0.15) is 25.5 Å². The van der Waals surface area contributed by atoms with E-state index in [2.05, 4.69) is 15.3 Å². The molecule has 1 aliphatic rings. The molecule has 1 heterocycles. The van der Waals surface area contributed by atoms with Crippen LogP contribution < -0.4 is 5.32 Å². The third-order valence-corrected chi connectivity index (χ3v) is 2.85. The fourth-order valence-corrected chi connectivity index (χ4v) is 2.10. The third-order valence-electron chi connectivity index (χ3n) is 2.68. The van der Waals surface area contributed by atoms with Crippen molar-refractivity contribution < 1.29 is 4.74 Å². The molecule has 0 atom stereocenters. The van der Waals surface area contributed by atoms with Crippen LogP contribution in [0.25, 0.3) is 0 Å². The quantitative estimate of drug-likeness (QED) is 0.823. The molecule has 0 radical (unpaired) electrons. The number of halogens is 1. The van der Waals surface area contributed by atoms with Crippen LogP contribution >= 0.6 is 11.6 Å². The molecule has 0 amide bonds. The number of rotatable bonds is 4. The predicted molar refractivity (Wildman–Crippen MR) is 63.8 cm³/mol. The predicted octanol–water partition coefficient (Wildman–Crippen LogP) is 2.42. The summed E-state index contributed by atoms with van der Waals surface area (Å²) in [7, 11) is 0. The Bertz CT molecular complexity index is 346. The maximum absolute atomic E-state index is 5.79. The van der Waals surface area contributed by atoms with Gasteiger partial charge in [0.05, 0.1) is 6.10 Å².